The van der Waals surface area contributed by atoms with Crippen LogP contribution >= 0.6 is 0 Å². The molecule has 1 aromatic rings. The van der Waals surface area contributed by atoms with Gasteiger partial charge in [0.1, 0.15) is 5.82 Å². The minimum Gasteiger partial charge on any atom is -0.396 e. The van der Waals surface area contributed by atoms with Crippen molar-refractivity contribution in [1.82, 2.24) is 0 Å². The van der Waals surface area contributed by atoms with Crippen LogP contribution in [0.5, 0.6) is 0 Å². The largest absolute Gasteiger partial charge is 0.396 e. The maximum absolute atomic E-state index is 13.0. The van der Waals surface area contributed by atoms with Crippen molar-refractivity contribution < 1.29 is 14.2 Å². The molecule has 0 atom stereocenters. The Morgan fingerprint density at radius 2 is 1.89 bits per heavy atom. The van der Waals surface area contributed by atoms with Gasteiger partial charge < -0.3 is 14.7 Å². The minimum absolute atomic E-state index is 0.0946. The summed E-state index contributed by atoms with van der Waals surface area (Å²) in [4.78, 5) is 2.20. The molecule has 2 rings (SSSR count). The quantitative estimate of drug-likeness (QED) is 0.889. The SMILES string of the molecule is CCN(CC1(CO)CCOCC1)c1ccc(F)cc1. The number of benzene rings is 1. The fourth-order valence-electron chi connectivity index (χ4n) is 2.61. The summed E-state index contributed by atoms with van der Waals surface area (Å²) in [5, 5.41) is 9.73. The molecular weight excluding hydrogens is 245 g/mol. The first-order valence-corrected chi connectivity index (χ1v) is 6.88. The Kier molecular flexibility index (Phi) is 4.77. The number of ether oxygens (including phenoxy) is 1. The van der Waals surface area contributed by atoms with E-state index in [1.165, 1.54) is 12.1 Å². The van der Waals surface area contributed by atoms with E-state index in [9.17, 15) is 9.50 Å². The second kappa shape index (κ2) is 6.35. The minimum atomic E-state index is -0.220. The third kappa shape index (κ3) is 3.45. The zero-order valence-electron chi connectivity index (χ0n) is 11.4. The molecule has 0 amide bonds. The lowest BCUT2D eigenvalue weighted by molar-refractivity contribution is -0.0117. The Bertz CT molecular complexity index is 388. The number of rotatable bonds is 5. The number of hydrogen-bond acceptors (Lipinski definition) is 3. The lowest BCUT2D eigenvalue weighted by Crippen LogP contribution is -2.44. The molecule has 1 aliphatic heterocycles. The van der Waals surface area contributed by atoms with Gasteiger partial charge in [-0.3, -0.25) is 0 Å². The molecule has 1 fully saturated rings. The van der Waals surface area contributed by atoms with Gasteiger partial charge in [-0.25, -0.2) is 4.39 Å². The summed E-state index contributed by atoms with van der Waals surface area (Å²) in [6, 6.07) is 6.55. The monoisotopic (exact) mass is 267 g/mol. The molecule has 19 heavy (non-hydrogen) atoms. The molecule has 0 spiro atoms. The highest BCUT2D eigenvalue weighted by molar-refractivity contribution is 5.46. The van der Waals surface area contributed by atoms with Crippen LogP contribution in [0.1, 0.15) is 19.8 Å². The molecular formula is C15H22FNO2. The third-order valence-corrected chi connectivity index (χ3v) is 3.99. The Balaban J connectivity index is 2.11. The standard InChI is InChI=1S/C15H22FNO2/c1-2-17(14-5-3-13(16)4-6-14)11-15(12-18)7-9-19-10-8-15/h3-6,18H,2,7-12H2,1H3. The summed E-state index contributed by atoms with van der Waals surface area (Å²) in [6.45, 7) is 5.30. The van der Waals surface area contributed by atoms with Crippen LogP contribution in [0.2, 0.25) is 0 Å². The topological polar surface area (TPSA) is 32.7 Å². The summed E-state index contributed by atoms with van der Waals surface area (Å²) in [7, 11) is 0. The number of aliphatic hydroxyl groups excluding tert-OH is 1. The lowest BCUT2D eigenvalue weighted by atomic mass is 9.80. The van der Waals surface area contributed by atoms with E-state index in [-0.39, 0.29) is 17.8 Å². The van der Waals surface area contributed by atoms with E-state index >= 15 is 0 Å². The van der Waals surface area contributed by atoms with Gasteiger partial charge in [-0.15, -0.1) is 0 Å². The first kappa shape index (κ1) is 14.3. The van der Waals surface area contributed by atoms with Gasteiger partial charge in [0, 0.05) is 37.4 Å². The highest BCUT2D eigenvalue weighted by atomic mass is 19.1. The van der Waals surface area contributed by atoms with Crippen LogP contribution < -0.4 is 4.90 Å². The Morgan fingerprint density at radius 3 is 2.42 bits per heavy atom. The van der Waals surface area contributed by atoms with Crippen LogP contribution in [-0.4, -0.2) is 38.0 Å². The molecule has 1 heterocycles. The lowest BCUT2D eigenvalue weighted by Gasteiger charge is -2.40. The Morgan fingerprint density at radius 1 is 1.26 bits per heavy atom. The molecule has 1 aromatic carbocycles. The molecule has 4 heteroatoms. The predicted molar refractivity (Wildman–Crippen MR) is 73.9 cm³/mol. The molecule has 1 aliphatic rings. The summed E-state index contributed by atoms with van der Waals surface area (Å²) >= 11 is 0. The van der Waals surface area contributed by atoms with Crippen molar-refractivity contribution in [2.24, 2.45) is 5.41 Å². The zero-order valence-corrected chi connectivity index (χ0v) is 11.4. The third-order valence-electron chi connectivity index (χ3n) is 3.99. The average molecular weight is 267 g/mol. The number of halogens is 1. The van der Waals surface area contributed by atoms with Crippen molar-refractivity contribution in [2.45, 2.75) is 19.8 Å². The maximum Gasteiger partial charge on any atom is 0.123 e. The highest BCUT2D eigenvalue weighted by Crippen LogP contribution is 2.32. The van der Waals surface area contributed by atoms with Gasteiger partial charge in [0.05, 0.1) is 6.61 Å². The molecule has 0 unspecified atom stereocenters. The van der Waals surface area contributed by atoms with Gasteiger partial charge in [-0.2, -0.15) is 0 Å². The first-order chi connectivity index (χ1) is 9.19. The first-order valence-electron chi connectivity index (χ1n) is 6.88. The van der Waals surface area contributed by atoms with E-state index in [0.29, 0.717) is 13.2 Å². The second-order valence-corrected chi connectivity index (χ2v) is 5.26. The molecule has 0 radical (unpaired) electrons. The van der Waals surface area contributed by atoms with Crippen LogP contribution in [0.25, 0.3) is 0 Å². The Labute approximate surface area is 114 Å². The molecule has 1 saturated heterocycles. The second-order valence-electron chi connectivity index (χ2n) is 5.26. The van der Waals surface area contributed by atoms with Gasteiger partial charge in [-0.1, -0.05) is 0 Å². The van der Waals surface area contributed by atoms with Crippen LogP contribution in [-0.2, 0) is 4.74 Å². The van der Waals surface area contributed by atoms with E-state index in [2.05, 4.69) is 11.8 Å². The normalized spacial score (nSPS) is 18.3. The van der Waals surface area contributed by atoms with Gasteiger partial charge in [0.2, 0.25) is 0 Å². The summed E-state index contributed by atoms with van der Waals surface area (Å²) < 4.78 is 18.4. The summed E-state index contributed by atoms with van der Waals surface area (Å²) in [5.41, 5.74) is 0.908. The summed E-state index contributed by atoms with van der Waals surface area (Å²) in [6.07, 6.45) is 1.75. The fraction of sp³-hybridized carbons (Fsp3) is 0.600. The Hall–Kier alpha value is -1.13. The van der Waals surface area contributed by atoms with E-state index in [4.69, 9.17) is 4.74 Å². The number of hydrogen-bond donors (Lipinski definition) is 1. The molecule has 1 N–H and O–H groups in total. The molecule has 0 saturated carbocycles. The van der Waals surface area contributed by atoms with Crippen molar-refractivity contribution in [2.75, 3.05) is 37.8 Å². The van der Waals surface area contributed by atoms with E-state index < -0.39 is 0 Å². The van der Waals surface area contributed by atoms with E-state index in [1.54, 1.807) is 12.1 Å². The number of nitrogens with zero attached hydrogens (tertiary/aromatic N) is 1. The van der Waals surface area contributed by atoms with Crippen LogP contribution in [0, 0.1) is 11.2 Å². The van der Waals surface area contributed by atoms with Crippen molar-refractivity contribution in [3.8, 4) is 0 Å². The van der Waals surface area contributed by atoms with Crippen molar-refractivity contribution in [1.29, 1.82) is 0 Å². The average Bonchev–Trinajstić information content (AvgIpc) is 2.47. The van der Waals surface area contributed by atoms with Crippen molar-refractivity contribution >= 4 is 5.69 Å². The van der Waals surface area contributed by atoms with Crippen LogP contribution in [0.4, 0.5) is 10.1 Å². The van der Waals surface area contributed by atoms with E-state index in [1.807, 2.05) is 0 Å². The van der Waals surface area contributed by atoms with E-state index in [0.717, 1.165) is 31.6 Å². The maximum atomic E-state index is 13.0. The molecule has 0 aromatic heterocycles. The predicted octanol–water partition coefficient (Wildman–Crippen LogP) is 2.44. The molecule has 106 valence electrons. The number of aliphatic hydroxyl groups is 1. The van der Waals surface area contributed by atoms with Gasteiger partial charge in [-0.05, 0) is 44.0 Å². The molecule has 0 bridgehead atoms. The van der Waals surface area contributed by atoms with Crippen molar-refractivity contribution in [3.05, 3.63) is 30.1 Å². The molecule has 0 aliphatic carbocycles. The number of anilines is 1. The summed E-state index contributed by atoms with van der Waals surface area (Å²) in [5.74, 6) is -0.220. The highest BCUT2D eigenvalue weighted by Gasteiger charge is 2.33. The van der Waals surface area contributed by atoms with Gasteiger partial charge in [0.15, 0.2) is 0 Å². The van der Waals surface area contributed by atoms with Gasteiger partial charge >= 0.3 is 0 Å². The zero-order chi connectivity index (χ0) is 13.7. The van der Waals surface area contributed by atoms with Crippen molar-refractivity contribution in [3.63, 3.8) is 0 Å². The van der Waals surface area contributed by atoms with Crippen LogP contribution in [0.15, 0.2) is 24.3 Å². The molecule has 3 nitrogen and oxygen atoms in total. The van der Waals surface area contributed by atoms with Gasteiger partial charge in [0.25, 0.3) is 0 Å². The fourth-order valence-corrected chi connectivity index (χ4v) is 2.61. The van der Waals surface area contributed by atoms with Crippen LogP contribution in [0.3, 0.4) is 0 Å². The smallest absolute Gasteiger partial charge is 0.123 e.